The van der Waals surface area contributed by atoms with E-state index in [1.54, 1.807) is 18.9 Å². The normalized spacial score (nSPS) is 12.5. The Morgan fingerprint density at radius 1 is 1.35 bits per heavy atom. The van der Waals surface area contributed by atoms with Crippen LogP contribution in [-0.2, 0) is 6.42 Å². The van der Waals surface area contributed by atoms with Crippen molar-refractivity contribution in [1.82, 2.24) is 20.4 Å². The molecule has 2 amide bonds. The van der Waals surface area contributed by atoms with Gasteiger partial charge in [0.05, 0.1) is 0 Å². The molecule has 1 rings (SSSR count). The molecule has 0 saturated carbocycles. The Labute approximate surface area is 120 Å². The summed E-state index contributed by atoms with van der Waals surface area (Å²) < 4.78 is 4.90. The van der Waals surface area contributed by atoms with Crippen LogP contribution in [0.25, 0.3) is 0 Å². The van der Waals surface area contributed by atoms with E-state index in [0.717, 1.165) is 12.8 Å². The van der Waals surface area contributed by atoms with E-state index in [2.05, 4.69) is 29.3 Å². The third kappa shape index (κ3) is 6.04. The second-order valence-electron chi connectivity index (χ2n) is 5.72. The fraction of sp³-hybridized carbons (Fsp3) is 0.786. The number of hydrogen-bond donors (Lipinski definition) is 1. The molecule has 114 valence electrons. The lowest BCUT2D eigenvalue weighted by atomic mass is 10.0. The lowest BCUT2D eigenvalue weighted by molar-refractivity contribution is 0.204. The predicted octanol–water partition coefficient (Wildman–Crippen LogP) is 2.39. The number of nitrogens with one attached hydrogen (secondary N) is 1. The zero-order valence-corrected chi connectivity index (χ0v) is 13.1. The Kier molecular flexibility index (Phi) is 6.48. The Bertz CT molecular complexity index is 417. The van der Waals surface area contributed by atoms with E-state index in [-0.39, 0.29) is 12.1 Å². The highest BCUT2D eigenvalue weighted by Gasteiger charge is 2.13. The van der Waals surface area contributed by atoms with Gasteiger partial charge in [0.15, 0.2) is 5.82 Å². The molecule has 20 heavy (non-hydrogen) atoms. The van der Waals surface area contributed by atoms with Gasteiger partial charge in [-0.05, 0) is 25.7 Å². The van der Waals surface area contributed by atoms with Gasteiger partial charge in [-0.25, -0.2) is 4.79 Å². The van der Waals surface area contributed by atoms with Crippen LogP contribution >= 0.6 is 0 Å². The first-order valence-electron chi connectivity index (χ1n) is 7.19. The number of aromatic nitrogens is 2. The van der Waals surface area contributed by atoms with Crippen molar-refractivity contribution in [3.8, 4) is 0 Å². The Morgan fingerprint density at radius 2 is 2.05 bits per heavy atom. The highest BCUT2D eigenvalue weighted by molar-refractivity contribution is 5.74. The Morgan fingerprint density at radius 3 is 2.60 bits per heavy atom. The number of urea groups is 1. The fourth-order valence-electron chi connectivity index (χ4n) is 1.79. The Balaban J connectivity index is 2.28. The number of likely N-dealkylation sites (N-methyl/N-ethyl adjacent to an activating group) is 1. The van der Waals surface area contributed by atoms with Crippen molar-refractivity contribution >= 4 is 6.03 Å². The first kappa shape index (κ1) is 16.5. The van der Waals surface area contributed by atoms with Crippen LogP contribution in [0.5, 0.6) is 0 Å². The van der Waals surface area contributed by atoms with Crippen LogP contribution < -0.4 is 5.32 Å². The third-order valence-corrected chi connectivity index (χ3v) is 3.13. The predicted molar refractivity (Wildman–Crippen MR) is 77.4 cm³/mol. The van der Waals surface area contributed by atoms with Crippen molar-refractivity contribution in [2.45, 2.75) is 53.0 Å². The molecule has 1 N–H and O–H groups in total. The molecule has 1 heterocycles. The standard InChI is InChI=1S/C14H26N4O2/c1-10(2)6-7-11(3)15-14(19)18(5)9-8-13-16-12(4)20-17-13/h10-11H,6-9H2,1-5H3,(H,15,19)/t11-/m0/s1. The molecule has 0 radical (unpaired) electrons. The van der Waals surface area contributed by atoms with Crippen LogP contribution in [0.3, 0.4) is 0 Å². The van der Waals surface area contributed by atoms with Crippen LogP contribution in [0.15, 0.2) is 4.52 Å². The van der Waals surface area contributed by atoms with Crippen molar-refractivity contribution in [2.24, 2.45) is 5.92 Å². The number of carbonyl (C=O) groups is 1. The minimum atomic E-state index is -0.0542. The molecule has 0 spiro atoms. The van der Waals surface area contributed by atoms with E-state index in [1.165, 1.54) is 0 Å². The zero-order valence-electron chi connectivity index (χ0n) is 13.1. The summed E-state index contributed by atoms with van der Waals surface area (Å²) in [5.41, 5.74) is 0. The maximum absolute atomic E-state index is 12.0. The van der Waals surface area contributed by atoms with Gasteiger partial charge in [0.1, 0.15) is 0 Å². The molecule has 0 fully saturated rings. The molecule has 6 heteroatoms. The van der Waals surface area contributed by atoms with E-state index < -0.39 is 0 Å². The van der Waals surface area contributed by atoms with Crippen LogP contribution in [0.1, 0.15) is 45.3 Å². The maximum atomic E-state index is 12.0. The molecular formula is C14H26N4O2. The third-order valence-electron chi connectivity index (χ3n) is 3.13. The first-order chi connectivity index (χ1) is 9.38. The van der Waals surface area contributed by atoms with Gasteiger partial charge in [-0.1, -0.05) is 19.0 Å². The van der Waals surface area contributed by atoms with E-state index in [9.17, 15) is 4.79 Å². The van der Waals surface area contributed by atoms with Crippen molar-refractivity contribution in [3.63, 3.8) is 0 Å². The van der Waals surface area contributed by atoms with E-state index in [0.29, 0.717) is 30.6 Å². The van der Waals surface area contributed by atoms with Crippen LogP contribution in [0.2, 0.25) is 0 Å². The van der Waals surface area contributed by atoms with E-state index >= 15 is 0 Å². The molecule has 1 aromatic heterocycles. The maximum Gasteiger partial charge on any atom is 0.317 e. The molecule has 0 aliphatic rings. The number of aryl methyl sites for hydroxylation is 1. The molecule has 0 saturated heterocycles. The van der Waals surface area contributed by atoms with Crippen molar-refractivity contribution in [1.29, 1.82) is 0 Å². The smallest absolute Gasteiger partial charge is 0.317 e. The largest absolute Gasteiger partial charge is 0.340 e. The molecule has 1 aromatic rings. The minimum Gasteiger partial charge on any atom is -0.340 e. The summed E-state index contributed by atoms with van der Waals surface area (Å²) in [5.74, 6) is 1.85. The minimum absolute atomic E-state index is 0.0542. The van der Waals surface area contributed by atoms with Gasteiger partial charge in [-0.2, -0.15) is 4.98 Å². The van der Waals surface area contributed by atoms with Crippen LogP contribution in [0, 0.1) is 12.8 Å². The van der Waals surface area contributed by atoms with Gasteiger partial charge in [-0.15, -0.1) is 0 Å². The number of amides is 2. The topological polar surface area (TPSA) is 71.3 Å². The average molecular weight is 282 g/mol. The summed E-state index contributed by atoms with van der Waals surface area (Å²) in [5, 5.41) is 6.81. The summed E-state index contributed by atoms with van der Waals surface area (Å²) >= 11 is 0. The lowest BCUT2D eigenvalue weighted by Gasteiger charge is -2.21. The highest BCUT2D eigenvalue weighted by Crippen LogP contribution is 2.06. The molecule has 0 aliphatic heterocycles. The molecule has 1 atom stereocenters. The number of hydrogen-bond acceptors (Lipinski definition) is 4. The summed E-state index contributed by atoms with van der Waals surface area (Å²) in [4.78, 5) is 17.7. The van der Waals surface area contributed by atoms with Crippen molar-refractivity contribution < 1.29 is 9.32 Å². The molecule has 0 aliphatic carbocycles. The Hall–Kier alpha value is -1.59. The SMILES string of the molecule is Cc1nc(CCN(C)C(=O)N[C@@H](C)CCC(C)C)no1. The van der Waals surface area contributed by atoms with Gasteiger partial charge < -0.3 is 14.7 Å². The summed E-state index contributed by atoms with van der Waals surface area (Å²) in [7, 11) is 1.78. The molecule has 0 bridgehead atoms. The lowest BCUT2D eigenvalue weighted by Crippen LogP contribution is -2.42. The second kappa shape index (κ2) is 7.87. The number of nitrogens with zero attached hydrogens (tertiary/aromatic N) is 3. The van der Waals surface area contributed by atoms with Gasteiger partial charge in [0.25, 0.3) is 0 Å². The molecule has 6 nitrogen and oxygen atoms in total. The average Bonchev–Trinajstić information content (AvgIpc) is 2.79. The fourth-order valence-corrected chi connectivity index (χ4v) is 1.79. The molecule has 0 unspecified atom stereocenters. The second-order valence-corrected chi connectivity index (χ2v) is 5.72. The van der Waals surface area contributed by atoms with Gasteiger partial charge >= 0.3 is 6.03 Å². The van der Waals surface area contributed by atoms with Gasteiger partial charge in [-0.3, -0.25) is 0 Å². The summed E-state index contributed by atoms with van der Waals surface area (Å²) in [6.45, 7) is 8.74. The summed E-state index contributed by atoms with van der Waals surface area (Å²) in [6.07, 6.45) is 2.72. The van der Waals surface area contributed by atoms with Crippen LogP contribution in [-0.4, -0.2) is 40.7 Å². The zero-order chi connectivity index (χ0) is 15.1. The number of rotatable bonds is 7. The van der Waals surface area contributed by atoms with Gasteiger partial charge in [0, 0.05) is 33.0 Å². The quantitative estimate of drug-likeness (QED) is 0.833. The van der Waals surface area contributed by atoms with Gasteiger partial charge in [0.2, 0.25) is 5.89 Å². The number of carbonyl (C=O) groups excluding carboxylic acids is 1. The summed E-state index contributed by atoms with van der Waals surface area (Å²) in [6, 6.07) is 0.140. The highest BCUT2D eigenvalue weighted by atomic mass is 16.5. The monoisotopic (exact) mass is 282 g/mol. The molecular weight excluding hydrogens is 256 g/mol. The van der Waals surface area contributed by atoms with E-state index in [4.69, 9.17) is 4.52 Å². The van der Waals surface area contributed by atoms with Crippen LogP contribution in [0.4, 0.5) is 4.79 Å². The first-order valence-corrected chi connectivity index (χ1v) is 7.19. The van der Waals surface area contributed by atoms with Crippen molar-refractivity contribution in [3.05, 3.63) is 11.7 Å². The van der Waals surface area contributed by atoms with Crippen molar-refractivity contribution in [2.75, 3.05) is 13.6 Å². The van der Waals surface area contributed by atoms with E-state index in [1.807, 2.05) is 6.92 Å². The molecule has 0 aromatic carbocycles.